The SMILES string of the molecule is COc1cc(/C=C2N=C(/C=C/c3ccccc3)OC\2=O)ccc1OC(C)=O. The number of aliphatic imine (C=N–C) groups is 1. The van der Waals surface area contributed by atoms with Gasteiger partial charge in [0.25, 0.3) is 0 Å². The third kappa shape index (κ3) is 4.70. The molecule has 6 heteroatoms. The lowest BCUT2D eigenvalue weighted by molar-refractivity contribution is -0.132. The second-order valence-electron chi connectivity index (χ2n) is 5.62. The van der Waals surface area contributed by atoms with Crippen LogP contribution in [0.5, 0.6) is 11.5 Å². The van der Waals surface area contributed by atoms with Gasteiger partial charge in [0.05, 0.1) is 7.11 Å². The molecule has 0 atom stereocenters. The van der Waals surface area contributed by atoms with Crippen LogP contribution in [0.15, 0.2) is 65.3 Å². The Morgan fingerprint density at radius 1 is 1.04 bits per heavy atom. The van der Waals surface area contributed by atoms with E-state index in [1.807, 2.05) is 36.4 Å². The van der Waals surface area contributed by atoms with Gasteiger partial charge in [0.15, 0.2) is 17.2 Å². The predicted octanol–water partition coefficient (Wildman–Crippen LogP) is 3.63. The van der Waals surface area contributed by atoms with Crippen LogP contribution in [-0.2, 0) is 14.3 Å². The van der Waals surface area contributed by atoms with Gasteiger partial charge >= 0.3 is 11.9 Å². The van der Waals surface area contributed by atoms with Crippen LogP contribution < -0.4 is 9.47 Å². The van der Waals surface area contributed by atoms with Crippen LogP contribution >= 0.6 is 0 Å². The molecule has 1 heterocycles. The van der Waals surface area contributed by atoms with Gasteiger partial charge in [-0.3, -0.25) is 4.79 Å². The van der Waals surface area contributed by atoms with E-state index >= 15 is 0 Å². The molecule has 6 nitrogen and oxygen atoms in total. The molecule has 2 aromatic carbocycles. The zero-order valence-electron chi connectivity index (χ0n) is 14.8. The average Bonchev–Trinajstić information content (AvgIpc) is 3.01. The first-order valence-electron chi connectivity index (χ1n) is 8.17. The zero-order chi connectivity index (χ0) is 19.2. The topological polar surface area (TPSA) is 74.2 Å². The molecule has 0 bridgehead atoms. The Hall–Kier alpha value is -3.67. The van der Waals surface area contributed by atoms with Crippen molar-refractivity contribution in [1.82, 2.24) is 0 Å². The van der Waals surface area contributed by atoms with E-state index < -0.39 is 11.9 Å². The summed E-state index contributed by atoms with van der Waals surface area (Å²) in [7, 11) is 1.47. The lowest BCUT2D eigenvalue weighted by atomic mass is 10.1. The van der Waals surface area contributed by atoms with Crippen LogP contribution in [-0.4, -0.2) is 24.9 Å². The standard InChI is InChI=1S/C21H17NO5/c1-14(23)26-18-10-8-16(13-19(18)25-2)12-17-21(24)27-20(22-17)11-9-15-6-4-3-5-7-15/h3-13H,1-2H3/b11-9+,17-12-. The van der Waals surface area contributed by atoms with Crippen LogP contribution in [0.3, 0.4) is 0 Å². The predicted molar refractivity (Wildman–Crippen MR) is 101 cm³/mol. The molecule has 0 aromatic heterocycles. The first kappa shape index (κ1) is 18.1. The van der Waals surface area contributed by atoms with Crippen LogP contribution in [0.4, 0.5) is 0 Å². The summed E-state index contributed by atoms with van der Waals surface area (Å²) in [5.41, 5.74) is 1.80. The molecule has 0 unspecified atom stereocenters. The number of benzene rings is 2. The minimum absolute atomic E-state index is 0.171. The maximum absolute atomic E-state index is 12.0. The number of methoxy groups -OCH3 is 1. The van der Waals surface area contributed by atoms with Crippen molar-refractivity contribution in [2.45, 2.75) is 6.92 Å². The number of hydrogen-bond acceptors (Lipinski definition) is 6. The molecule has 0 saturated carbocycles. The van der Waals surface area contributed by atoms with Crippen molar-refractivity contribution in [3.63, 3.8) is 0 Å². The van der Waals surface area contributed by atoms with Crippen LogP contribution in [0, 0.1) is 0 Å². The highest BCUT2D eigenvalue weighted by atomic mass is 16.6. The molecule has 0 amide bonds. The molecule has 0 aliphatic carbocycles. The molecule has 0 N–H and O–H groups in total. The Balaban J connectivity index is 1.82. The normalized spacial score (nSPS) is 15.0. The Morgan fingerprint density at radius 3 is 2.52 bits per heavy atom. The Bertz CT molecular complexity index is 958. The Kier molecular flexibility index (Phi) is 5.47. The summed E-state index contributed by atoms with van der Waals surface area (Å²) < 4.78 is 15.4. The number of hydrogen-bond donors (Lipinski definition) is 0. The van der Waals surface area contributed by atoms with Gasteiger partial charge in [0, 0.05) is 13.0 Å². The van der Waals surface area contributed by atoms with E-state index in [-0.39, 0.29) is 11.6 Å². The highest BCUT2D eigenvalue weighted by molar-refractivity contribution is 6.11. The van der Waals surface area contributed by atoms with Gasteiger partial charge in [-0.2, -0.15) is 0 Å². The molecule has 0 spiro atoms. The van der Waals surface area contributed by atoms with E-state index in [2.05, 4.69) is 4.99 Å². The van der Waals surface area contributed by atoms with Gasteiger partial charge in [0.2, 0.25) is 5.90 Å². The molecule has 3 rings (SSSR count). The molecule has 136 valence electrons. The minimum atomic E-state index is -0.536. The lowest BCUT2D eigenvalue weighted by Gasteiger charge is -2.08. The van der Waals surface area contributed by atoms with E-state index in [0.717, 1.165) is 5.56 Å². The van der Waals surface area contributed by atoms with E-state index in [1.165, 1.54) is 14.0 Å². The van der Waals surface area contributed by atoms with E-state index in [0.29, 0.717) is 17.1 Å². The molecule has 1 aliphatic rings. The summed E-state index contributed by atoms with van der Waals surface area (Å²) in [6, 6.07) is 14.5. The molecule has 1 aliphatic heterocycles. The summed E-state index contributed by atoms with van der Waals surface area (Å²) >= 11 is 0. The van der Waals surface area contributed by atoms with E-state index in [4.69, 9.17) is 14.2 Å². The summed E-state index contributed by atoms with van der Waals surface area (Å²) in [5, 5.41) is 0. The average molecular weight is 363 g/mol. The first-order chi connectivity index (χ1) is 13.0. The summed E-state index contributed by atoms with van der Waals surface area (Å²) in [5.74, 6) is -0.0854. The number of rotatable bonds is 5. The second-order valence-corrected chi connectivity index (χ2v) is 5.62. The van der Waals surface area contributed by atoms with Crippen molar-refractivity contribution in [2.24, 2.45) is 4.99 Å². The third-order valence-electron chi connectivity index (χ3n) is 3.60. The highest BCUT2D eigenvalue weighted by Crippen LogP contribution is 2.29. The lowest BCUT2D eigenvalue weighted by Crippen LogP contribution is -2.03. The zero-order valence-corrected chi connectivity index (χ0v) is 14.8. The van der Waals surface area contributed by atoms with Gasteiger partial charge in [-0.15, -0.1) is 0 Å². The van der Waals surface area contributed by atoms with Crippen molar-refractivity contribution >= 4 is 30.0 Å². The summed E-state index contributed by atoms with van der Waals surface area (Å²) in [6.45, 7) is 1.31. The van der Waals surface area contributed by atoms with Gasteiger partial charge < -0.3 is 14.2 Å². The van der Waals surface area contributed by atoms with Gasteiger partial charge in [0.1, 0.15) is 0 Å². The number of ether oxygens (including phenoxy) is 3. The maximum atomic E-state index is 12.0. The fraction of sp³-hybridized carbons (Fsp3) is 0.0952. The number of esters is 2. The van der Waals surface area contributed by atoms with Crippen molar-refractivity contribution in [3.05, 3.63) is 71.4 Å². The fourth-order valence-corrected chi connectivity index (χ4v) is 2.40. The maximum Gasteiger partial charge on any atom is 0.363 e. The summed E-state index contributed by atoms with van der Waals surface area (Å²) in [4.78, 5) is 27.3. The molecule has 0 radical (unpaired) electrons. The summed E-state index contributed by atoms with van der Waals surface area (Å²) in [6.07, 6.45) is 5.02. The van der Waals surface area contributed by atoms with E-state index in [9.17, 15) is 9.59 Å². The van der Waals surface area contributed by atoms with Crippen molar-refractivity contribution in [1.29, 1.82) is 0 Å². The van der Waals surface area contributed by atoms with Gasteiger partial charge in [-0.25, -0.2) is 9.79 Å². The van der Waals surface area contributed by atoms with Crippen LogP contribution in [0.25, 0.3) is 12.2 Å². The van der Waals surface area contributed by atoms with Crippen LogP contribution in [0.1, 0.15) is 18.1 Å². The number of cyclic esters (lactones) is 1. The number of carbonyl (C=O) groups excluding carboxylic acids is 2. The van der Waals surface area contributed by atoms with Crippen molar-refractivity contribution in [3.8, 4) is 11.5 Å². The van der Waals surface area contributed by atoms with Crippen molar-refractivity contribution in [2.75, 3.05) is 7.11 Å². The molecular formula is C21H17NO5. The van der Waals surface area contributed by atoms with Gasteiger partial charge in [-0.05, 0) is 35.4 Å². The molecular weight excluding hydrogens is 346 g/mol. The molecule has 0 saturated heterocycles. The first-order valence-corrected chi connectivity index (χ1v) is 8.17. The third-order valence-corrected chi connectivity index (χ3v) is 3.60. The fourth-order valence-electron chi connectivity index (χ4n) is 2.40. The number of carbonyl (C=O) groups is 2. The van der Waals surface area contributed by atoms with Crippen LogP contribution in [0.2, 0.25) is 0 Å². The number of nitrogens with zero attached hydrogens (tertiary/aromatic N) is 1. The van der Waals surface area contributed by atoms with Gasteiger partial charge in [-0.1, -0.05) is 36.4 Å². The molecule has 27 heavy (non-hydrogen) atoms. The largest absolute Gasteiger partial charge is 0.493 e. The van der Waals surface area contributed by atoms with E-state index in [1.54, 1.807) is 30.4 Å². The monoisotopic (exact) mass is 363 g/mol. The Morgan fingerprint density at radius 2 is 1.81 bits per heavy atom. The minimum Gasteiger partial charge on any atom is -0.493 e. The molecule has 0 fully saturated rings. The molecule has 2 aromatic rings. The van der Waals surface area contributed by atoms with Crippen molar-refractivity contribution < 1.29 is 23.8 Å². The smallest absolute Gasteiger partial charge is 0.363 e. The quantitative estimate of drug-likeness (QED) is 0.461. The Labute approximate surface area is 156 Å². The second kappa shape index (κ2) is 8.14. The highest BCUT2D eigenvalue weighted by Gasteiger charge is 2.21.